The Morgan fingerprint density at radius 3 is 2.42 bits per heavy atom. The van der Waals surface area contributed by atoms with Crippen molar-refractivity contribution in [1.29, 1.82) is 0 Å². The van der Waals surface area contributed by atoms with Gasteiger partial charge in [0.15, 0.2) is 0 Å². The van der Waals surface area contributed by atoms with E-state index in [9.17, 15) is 0 Å². The SMILES string of the molecule is CCSC#C/C(Cl)=C(\Cl)SCC. The minimum absolute atomic E-state index is 0.449. The molecule has 0 heterocycles. The minimum atomic E-state index is 0.449. The standard InChI is InChI=1S/C8H10Cl2S2/c1-3-11-6-5-7(9)8(10)12-4-2/h3-4H2,1-2H3/b8-7-. The summed E-state index contributed by atoms with van der Waals surface area (Å²) < 4.78 is 0.586. The first-order valence-electron chi connectivity index (χ1n) is 3.53. The fourth-order valence-corrected chi connectivity index (χ4v) is 1.78. The summed E-state index contributed by atoms with van der Waals surface area (Å²) in [6.45, 7) is 4.06. The second kappa shape index (κ2) is 8.19. The molecule has 0 unspecified atom stereocenters. The Kier molecular flexibility index (Phi) is 8.59. The monoisotopic (exact) mass is 240 g/mol. The zero-order valence-corrected chi connectivity index (χ0v) is 10.1. The molecule has 0 aliphatic heterocycles. The zero-order chi connectivity index (χ0) is 9.40. The van der Waals surface area contributed by atoms with E-state index in [0.717, 1.165) is 11.5 Å². The topological polar surface area (TPSA) is 0 Å². The molecule has 0 saturated heterocycles. The number of halogens is 2. The molecule has 0 spiro atoms. The molecule has 0 amide bonds. The van der Waals surface area contributed by atoms with Crippen LogP contribution in [0.5, 0.6) is 0 Å². The average Bonchev–Trinajstić information content (AvgIpc) is 2.05. The van der Waals surface area contributed by atoms with Crippen molar-refractivity contribution in [3.8, 4) is 11.2 Å². The van der Waals surface area contributed by atoms with Gasteiger partial charge in [-0.25, -0.2) is 0 Å². The molecule has 0 aromatic carbocycles. The molecule has 4 heteroatoms. The highest BCUT2D eigenvalue weighted by atomic mass is 35.5. The normalized spacial score (nSPS) is 11.7. The maximum absolute atomic E-state index is 5.81. The molecule has 68 valence electrons. The maximum atomic E-state index is 5.81. The van der Waals surface area contributed by atoms with Gasteiger partial charge in [0, 0.05) is 5.75 Å². The summed E-state index contributed by atoms with van der Waals surface area (Å²) in [5.41, 5.74) is 0. The number of allylic oxidation sites excluding steroid dienone is 1. The van der Waals surface area contributed by atoms with E-state index in [1.54, 1.807) is 0 Å². The van der Waals surface area contributed by atoms with Crippen LogP contribution in [0.3, 0.4) is 0 Å². The number of thioether (sulfide) groups is 2. The molecule has 0 N–H and O–H groups in total. The van der Waals surface area contributed by atoms with E-state index < -0.39 is 0 Å². The van der Waals surface area contributed by atoms with Crippen LogP contribution in [0.1, 0.15) is 13.8 Å². The van der Waals surface area contributed by atoms with Gasteiger partial charge in [0.25, 0.3) is 0 Å². The Balaban J connectivity index is 4.08. The summed E-state index contributed by atoms with van der Waals surface area (Å²) in [5.74, 6) is 4.66. The molecule has 12 heavy (non-hydrogen) atoms. The molecule has 0 aliphatic carbocycles. The lowest BCUT2D eigenvalue weighted by Gasteiger charge is -1.93. The highest BCUT2D eigenvalue weighted by Crippen LogP contribution is 2.25. The molecule has 0 fully saturated rings. The van der Waals surface area contributed by atoms with Gasteiger partial charge in [-0.3, -0.25) is 0 Å². The molecular formula is C8H10Cl2S2. The smallest absolute Gasteiger partial charge is 0.112 e. The van der Waals surface area contributed by atoms with Crippen LogP contribution in [-0.4, -0.2) is 11.5 Å². The van der Waals surface area contributed by atoms with E-state index in [0.29, 0.717) is 9.40 Å². The van der Waals surface area contributed by atoms with Gasteiger partial charge in [0.05, 0.1) is 0 Å². The quantitative estimate of drug-likeness (QED) is 0.682. The van der Waals surface area contributed by atoms with Crippen molar-refractivity contribution in [3.63, 3.8) is 0 Å². The van der Waals surface area contributed by atoms with Gasteiger partial charge in [-0.2, -0.15) is 0 Å². The lowest BCUT2D eigenvalue weighted by Crippen LogP contribution is -1.71. The maximum Gasteiger partial charge on any atom is 0.116 e. The van der Waals surface area contributed by atoms with E-state index in [2.05, 4.69) is 11.2 Å². The van der Waals surface area contributed by atoms with Gasteiger partial charge in [-0.1, -0.05) is 48.8 Å². The lowest BCUT2D eigenvalue weighted by atomic mass is 10.7. The molecule has 0 aromatic rings. The summed E-state index contributed by atoms with van der Waals surface area (Å²) in [5, 5.41) is 3.30. The Bertz CT molecular complexity index is 213. The van der Waals surface area contributed by atoms with Gasteiger partial charge < -0.3 is 0 Å². The van der Waals surface area contributed by atoms with Crippen LogP contribution >= 0.6 is 46.7 Å². The van der Waals surface area contributed by atoms with Crippen molar-refractivity contribution in [2.75, 3.05) is 11.5 Å². The molecule has 0 saturated carbocycles. The van der Waals surface area contributed by atoms with Crippen LogP contribution < -0.4 is 0 Å². The molecular weight excluding hydrogens is 231 g/mol. The van der Waals surface area contributed by atoms with Crippen LogP contribution in [0.4, 0.5) is 0 Å². The number of rotatable bonds is 3. The Morgan fingerprint density at radius 1 is 1.25 bits per heavy atom. The molecule has 0 rings (SSSR count). The third kappa shape index (κ3) is 6.14. The molecule has 0 nitrogen and oxygen atoms in total. The summed E-state index contributed by atoms with van der Waals surface area (Å²) in [7, 11) is 0. The van der Waals surface area contributed by atoms with Gasteiger partial charge in [-0.15, -0.1) is 11.8 Å². The minimum Gasteiger partial charge on any atom is -0.112 e. The van der Waals surface area contributed by atoms with Crippen LogP contribution in [-0.2, 0) is 0 Å². The van der Waals surface area contributed by atoms with Crippen molar-refractivity contribution in [1.82, 2.24) is 0 Å². The second-order valence-electron chi connectivity index (χ2n) is 1.68. The van der Waals surface area contributed by atoms with Crippen molar-refractivity contribution >= 4 is 46.7 Å². The van der Waals surface area contributed by atoms with Gasteiger partial charge in [0.2, 0.25) is 0 Å². The van der Waals surface area contributed by atoms with Crippen molar-refractivity contribution < 1.29 is 0 Å². The van der Waals surface area contributed by atoms with Gasteiger partial charge in [-0.05, 0) is 16.9 Å². The van der Waals surface area contributed by atoms with Crippen molar-refractivity contribution in [2.45, 2.75) is 13.8 Å². The summed E-state index contributed by atoms with van der Waals surface area (Å²) >= 11 is 14.6. The average molecular weight is 241 g/mol. The zero-order valence-electron chi connectivity index (χ0n) is 6.99. The Hall–Kier alpha value is 0.580. The molecule has 0 aliphatic rings. The third-order valence-electron chi connectivity index (χ3n) is 0.821. The highest BCUT2D eigenvalue weighted by molar-refractivity contribution is 8.04. The van der Waals surface area contributed by atoms with Crippen LogP contribution in [0.25, 0.3) is 0 Å². The molecule has 0 bridgehead atoms. The largest absolute Gasteiger partial charge is 0.116 e. The first-order valence-corrected chi connectivity index (χ1v) is 6.25. The summed E-state index contributed by atoms with van der Waals surface area (Å²) in [6, 6.07) is 0. The van der Waals surface area contributed by atoms with Crippen LogP contribution in [0, 0.1) is 11.2 Å². The third-order valence-corrected chi connectivity index (χ3v) is 3.11. The van der Waals surface area contributed by atoms with Gasteiger partial charge in [0.1, 0.15) is 9.40 Å². The first-order chi connectivity index (χ1) is 5.72. The molecule has 0 aromatic heterocycles. The van der Waals surface area contributed by atoms with Gasteiger partial charge >= 0.3 is 0 Å². The van der Waals surface area contributed by atoms with E-state index >= 15 is 0 Å². The lowest BCUT2D eigenvalue weighted by molar-refractivity contribution is 1.53. The van der Waals surface area contributed by atoms with E-state index in [4.69, 9.17) is 23.2 Å². The van der Waals surface area contributed by atoms with Crippen molar-refractivity contribution in [3.05, 3.63) is 9.40 Å². The second-order valence-corrected chi connectivity index (χ2v) is 5.01. The molecule has 0 atom stereocenters. The summed E-state index contributed by atoms with van der Waals surface area (Å²) in [6.07, 6.45) is 0. The van der Waals surface area contributed by atoms with Crippen molar-refractivity contribution in [2.24, 2.45) is 0 Å². The number of hydrogen-bond acceptors (Lipinski definition) is 2. The predicted octanol–water partition coefficient (Wildman–Crippen LogP) is 4.10. The fourth-order valence-electron chi connectivity index (χ4n) is 0.392. The van der Waals surface area contributed by atoms with E-state index in [-0.39, 0.29) is 0 Å². The Labute approximate surface area is 92.5 Å². The fraction of sp³-hybridized carbons (Fsp3) is 0.500. The first kappa shape index (κ1) is 12.6. The number of hydrogen-bond donors (Lipinski definition) is 0. The van der Waals surface area contributed by atoms with E-state index in [1.807, 2.05) is 13.8 Å². The molecule has 0 radical (unpaired) electrons. The van der Waals surface area contributed by atoms with Crippen LogP contribution in [0.15, 0.2) is 9.40 Å². The van der Waals surface area contributed by atoms with Crippen LogP contribution in [0.2, 0.25) is 0 Å². The Morgan fingerprint density at radius 2 is 1.92 bits per heavy atom. The highest BCUT2D eigenvalue weighted by Gasteiger charge is 1.96. The summed E-state index contributed by atoms with van der Waals surface area (Å²) in [4.78, 5) is 0. The van der Waals surface area contributed by atoms with E-state index in [1.165, 1.54) is 23.5 Å². The predicted molar refractivity (Wildman–Crippen MR) is 62.8 cm³/mol.